The van der Waals surface area contributed by atoms with Crippen LogP contribution in [0.3, 0.4) is 0 Å². The Labute approximate surface area is 118 Å². The molecule has 0 heterocycles. The predicted octanol–water partition coefficient (Wildman–Crippen LogP) is 3.66. The minimum Gasteiger partial charge on any atom is -0.321 e. The third-order valence-electron chi connectivity index (χ3n) is 3.34. The lowest BCUT2D eigenvalue weighted by atomic mass is 9.81. The number of rotatable bonds is 5. The van der Waals surface area contributed by atoms with E-state index in [0.717, 1.165) is 13.0 Å². The van der Waals surface area contributed by atoms with Gasteiger partial charge in [-0.1, -0.05) is 51.1 Å². The summed E-state index contributed by atoms with van der Waals surface area (Å²) in [4.78, 5) is 0. The van der Waals surface area contributed by atoms with E-state index < -0.39 is 0 Å². The smallest absolute Gasteiger partial charge is 0.0507 e. The van der Waals surface area contributed by atoms with Crippen LogP contribution in [-0.4, -0.2) is 12.1 Å². The number of hydrogen-bond donors (Lipinski definition) is 2. The van der Waals surface area contributed by atoms with Crippen molar-refractivity contribution in [3.8, 4) is 0 Å². The van der Waals surface area contributed by atoms with Crippen molar-refractivity contribution in [1.29, 1.82) is 0 Å². The maximum absolute atomic E-state index is 6.45. The first kappa shape index (κ1) is 16.2. The molecule has 1 unspecified atom stereocenters. The van der Waals surface area contributed by atoms with Gasteiger partial charge in [0.2, 0.25) is 0 Å². The molecule has 1 aromatic carbocycles. The zero-order valence-electron chi connectivity index (χ0n) is 13.4. The molecule has 2 nitrogen and oxygen atoms in total. The Bertz CT molecular complexity index is 385. The molecule has 0 aromatic heterocycles. The minimum absolute atomic E-state index is 0.0909. The highest BCUT2D eigenvalue weighted by Gasteiger charge is 2.28. The van der Waals surface area contributed by atoms with E-state index in [0.29, 0.717) is 5.41 Å². The molecular weight excluding hydrogens is 232 g/mol. The number of nitrogens with one attached hydrogen (secondary N) is 1. The van der Waals surface area contributed by atoms with Gasteiger partial charge in [0.05, 0.1) is 5.54 Å². The molecule has 19 heavy (non-hydrogen) atoms. The van der Waals surface area contributed by atoms with Crippen LogP contribution in [-0.2, 0) is 5.54 Å². The third-order valence-corrected chi connectivity index (χ3v) is 3.34. The summed E-state index contributed by atoms with van der Waals surface area (Å²) in [5.74, 6) is 0. The second-order valence-corrected chi connectivity index (χ2v) is 7.76. The molecule has 0 fully saturated rings. The van der Waals surface area contributed by atoms with Crippen molar-refractivity contribution in [3.05, 3.63) is 35.9 Å². The van der Waals surface area contributed by atoms with Crippen LogP contribution in [0.15, 0.2) is 30.3 Å². The summed E-state index contributed by atoms with van der Waals surface area (Å²) in [7, 11) is 0. The number of benzene rings is 1. The zero-order valence-corrected chi connectivity index (χ0v) is 13.4. The SMILES string of the molecule is CC(C)(C)CC(C)(C)NCC(C)(N)c1ccccc1. The van der Waals surface area contributed by atoms with Crippen molar-refractivity contribution < 1.29 is 0 Å². The monoisotopic (exact) mass is 262 g/mol. The molecule has 2 heteroatoms. The van der Waals surface area contributed by atoms with Crippen LogP contribution in [0.25, 0.3) is 0 Å². The average molecular weight is 262 g/mol. The summed E-state index contributed by atoms with van der Waals surface area (Å²) in [6.45, 7) is 14.2. The van der Waals surface area contributed by atoms with E-state index in [2.05, 4.69) is 59.0 Å². The fourth-order valence-corrected chi connectivity index (χ4v) is 2.73. The molecule has 0 radical (unpaired) electrons. The molecule has 0 aliphatic rings. The highest BCUT2D eigenvalue weighted by molar-refractivity contribution is 5.23. The van der Waals surface area contributed by atoms with Crippen molar-refractivity contribution in [1.82, 2.24) is 5.32 Å². The molecule has 1 rings (SSSR count). The summed E-state index contributed by atoms with van der Waals surface area (Å²) in [6, 6.07) is 10.3. The van der Waals surface area contributed by atoms with Crippen LogP contribution in [0.1, 0.15) is 53.5 Å². The molecule has 0 aliphatic heterocycles. The van der Waals surface area contributed by atoms with Gasteiger partial charge in [0, 0.05) is 12.1 Å². The molecule has 108 valence electrons. The summed E-state index contributed by atoms with van der Waals surface area (Å²) in [5, 5.41) is 3.63. The molecule has 1 atom stereocenters. The van der Waals surface area contributed by atoms with Crippen LogP contribution in [0, 0.1) is 5.41 Å². The molecule has 3 N–H and O–H groups in total. The standard InChI is InChI=1S/C17H30N2/c1-15(2,3)12-16(4,5)19-13-17(6,18)14-10-8-7-9-11-14/h7-11,19H,12-13,18H2,1-6H3. The lowest BCUT2D eigenvalue weighted by Crippen LogP contribution is -2.51. The molecule has 0 saturated carbocycles. The van der Waals surface area contributed by atoms with Gasteiger partial charge in [0.25, 0.3) is 0 Å². The first-order chi connectivity index (χ1) is 8.52. The molecule has 1 aromatic rings. The first-order valence-electron chi connectivity index (χ1n) is 7.11. The Morgan fingerprint density at radius 1 is 0.947 bits per heavy atom. The van der Waals surface area contributed by atoms with Crippen LogP contribution in [0.5, 0.6) is 0 Å². The largest absolute Gasteiger partial charge is 0.321 e. The van der Waals surface area contributed by atoms with E-state index in [-0.39, 0.29) is 11.1 Å². The molecule has 0 spiro atoms. The topological polar surface area (TPSA) is 38.0 Å². The van der Waals surface area contributed by atoms with Gasteiger partial charge in [-0.05, 0) is 38.2 Å². The summed E-state index contributed by atoms with van der Waals surface area (Å²) >= 11 is 0. The Hall–Kier alpha value is -0.860. The minimum atomic E-state index is -0.337. The van der Waals surface area contributed by atoms with Gasteiger partial charge in [-0.15, -0.1) is 0 Å². The van der Waals surface area contributed by atoms with Crippen molar-refractivity contribution in [3.63, 3.8) is 0 Å². The van der Waals surface area contributed by atoms with Crippen LogP contribution in [0.2, 0.25) is 0 Å². The van der Waals surface area contributed by atoms with Crippen LogP contribution >= 0.6 is 0 Å². The second-order valence-electron chi connectivity index (χ2n) is 7.76. The van der Waals surface area contributed by atoms with Gasteiger partial charge in [0.15, 0.2) is 0 Å². The van der Waals surface area contributed by atoms with Crippen LogP contribution < -0.4 is 11.1 Å². The van der Waals surface area contributed by atoms with Crippen molar-refractivity contribution in [2.45, 2.75) is 59.0 Å². The maximum Gasteiger partial charge on any atom is 0.0507 e. The number of nitrogens with two attached hydrogens (primary N) is 1. The average Bonchev–Trinajstić information content (AvgIpc) is 2.25. The number of hydrogen-bond acceptors (Lipinski definition) is 2. The summed E-state index contributed by atoms with van der Waals surface area (Å²) in [6.07, 6.45) is 1.12. The van der Waals surface area contributed by atoms with Crippen LogP contribution in [0.4, 0.5) is 0 Å². The van der Waals surface area contributed by atoms with Gasteiger partial charge in [0.1, 0.15) is 0 Å². The van der Waals surface area contributed by atoms with E-state index in [9.17, 15) is 0 Å². The lowest BCUT2D eigenvalue weighted by molar-refractivity contribution is 0.228. The normalized spacial score (nSPS) is 16.2. The van der Waals surface area contributed by atoms with Gasteiger partial charge in [-0.25, -0.2) is 0 Å². The van der Waals surface area contributed by atoms with E-state index in [1.54, 1.807) is 0 Å². The van der Waals surface area contributed by atoms with Crippen molar-refractivity contribution >= 4 is 0 Å². The Morgan fingerprint density at radius 2 is 1.47 bits per heavy atom. The van der Waals surface area contributed by atoms with E-state index in [4.69, 9.17) is 5.73 Å². The Kier molecular flexibility index (Phi) is 4.81. The quantitative estimate of drug-likeness (QED) is 0.850. The molecule has 0 bridgehead atoms. The highest BCUT2D eigenvalue weighted by Crippen LogP contribution is 2.27. The van der Waals surface area contributed by atoms with E-state index >= 15 is 0 Å². The molecule has 0 saturated heterocycles. The lowest BCUT2D eigenvalue weighted by Gasteiger charge is -2.37. The zero-order chi connectivity index (χ0) is 14.7. The maximum atomic E-state index is 6.45. The molecule has 0 aliphatic carbocycles. The van der Waals surface area contributed by atoms with Gasteiger partial charge in [-0.2, -0.15) is 0 Å². The molecular formula is C17H30N2. The van der Waals surface area contributed by atoms with E-state index in [1.165, 1.54) is 5.56 Å². The fraction of sp³-hybridized carbons (Fsp3) is 0.647. The first-order valence-corrected chi connectivity index (χ1v) is 7.11. The van der Waals surface area contributed by atoms with Crippen molar-refractivity contribution in [2.24, 2.45) is 11.1 Å². The summed E-state index contributed by atoms with van der Waals surface area (Å²) < 4.78 is 0. The van der Waals surface area contributed by atoms with E-state index in [1.807, 2.05) is 18.2 Å². The predicted molar refractivity (Wildman–Crippen MR) is 84.1 cm³/mol. The Morgan fingerprint density at radius 3 is 1.95 bits per heavy atom. The van der Waals surface area contributed by atoms with Gasteiger partial charge in [-0.3, -0.25) is 0 Å². The Balaban J connectivity index is 2.65. The third kappa shape index (κ3) is 5.75. The van der Waals surface area contributed by atoms with Gasteiger partial charge < -0.3 is 11.1 Å². The second kappa shape index (κ2) is 5.64. The highest BCUT2D eigenvalue weighted by atomic mass is 15.0. The van der Waals surface area contributed by atoms with Gasteiger partial charge >= 0.3 is 0 Å². The fourth-order valence-electron chi connectivity index (χ4n) is 2.73. The van der Waals surface area contributed by atoms with Crippen molar-refractivity contribution in [2.75, 3.05) is 6.54 Å². The molecule has 0 amide bonds. The summed E-state index contributed by atoms with van der Waals surface area (Å²) in [5.41, 5.74) is 7.69.